The maximum absolute atomic E-state index is 10.9. The van der Waals surface area contributed by atoms with Crippen LogP contribution in [0.15, 0.2) is 0 Å². The van der Waals surface area contributed by atoms with E-state index in [4.69, 9.17) is 9.84 Å². The molecule has 2 aliphatic heterocycles. The van der Waals surface area contributed by atoms with E-state index in [0.29, 0.717) is 12.0 Å². The Morgan fingerprint density at radius 2 is 2.11 bits per heavy atom. The first-order valence-electron chi connectivity index (χ1n) is 6.89. The molecule has 0 amide bonds. The quantitative estimate of drug-likeness (QED) is 0.770. The van der Waals surface area contributed by atoms with Gasteiger partial charge in [0, 0.05) is 32.7 Å². The number of hydrogen-bond acceptors (Lipinski definition) is 4. The number of carbonyl (C=O) groups is 1. The van der Waals surface area contributed by atoms with E-state index in [1.165, 1.54) is 0 Å². The smallest absolute Gasteiger partial charge is 0.306 e. The number of likely N-dealkylation sites (tertiary alicyclic amines) is 1. The van der Waals surface area contributed by atoms with Crippen LogP contribution >= 0.6 is 0 Å². The summed E-state index contributed by atoms with van der Waals surface area (Å²) in [5.41, 5.74) is 0. The molecule has 104 valence electrons. The van der Waals surface area contributed by atoms with Gasteiger partial charge in [0.2, 0.25) is 0 Å². The standard InChI is InChI=1S/C13H24N2O3/c1-3-14-4-5-18-12(8-14)9-15-6-11(7-15)10(2)13(16)17/h10-12H,3-9H2,1-2H3,(H,16,17). The van der Waals surface area contributed by atoms with Crippen molar-refractivity contribution in [2.45, 2.75) is 20.0 Å². The van der Waals surface area contributed by atoms with Crippen molar-refractivity contribution < 1.29 is 14.6 Å². The number of carboxylic acids is 1. The molecule has 0 aromatic rings. The highest BCUT2D eigenvalue weighted by Gasteiger charge is 2.36. The predicted molar refractivity (Wildman–Crippen MR) is 68.6 cm³/mol. The van der Waals surface area contributed by atoms with Crippen LogP contribution in [0.2, 0.25) is 0 Å². The third-order valence-corrected chi connectivity index (χ3v) is 4.21. The average molecular weight is 256 g/mol. The molecule has 5 nitrogen and oxygen atoms in total. The molecule has 2 fully saturated rings. The molecule has 18 heavy (non-hydrogen) atoms. The van der Waals surface area contributed by atoms with Gasteiger partial charge in [0.15, 0.2) is 0 Å². The summed E-state index contributed by atoms with van der Waals surface area (Å²) in [7, 11) is 0. The lowest BCUT2D eigenvalue weighted by molar-refractivity contribution is -0.146. The summed E-state index contributed by atoms with van der Waals surface area (Å²) >= 11 is 0. The zero-order chi connectivity index (χ0) is 13.1. The molecule has 2 aliphatic rings. The summed E-state index contributed by atoms with van der Waals surface area (Å²) < 4.78 is 5.76. The molecule has 2 heterocycles. The van der Waals surface area contributed by atoms with Crippen molar-refractivity contribution in [3.8, 4) is 0 Å². The first kappa shape index (κ1) is 13.8. The Balaban J connectivity index is 1.68. The van der Waals surface area contributed by atoms with Gasteiger partial charge in [0.25, 0.3) is 0 Å². The summed E-state index contributed by atoms with van der Waals surface area (Å²) in [6.45, 7) is 10.7. The highest BCUT2D eigenvalue weighted by molar-refractivity contribution is 5.70. The summed E-state index contributed by atoms with van der Waals surface area (Å²) in [5, 5.41) is 8.94. The fourth-order valence-electron chi connectivity index (χ4n) is 2.74. The molecule has 0 saturated carbocycles. The Hall–Kier alpha value is -0.650. The van der Waals surface area contributed by atoms with Gasteiger partial charge in [-0.15, -0.1) is 0 Å². The molecule has 0 bridgehead atoms. The van der Waals surface area contributed by atoms with Crippen molar-refractivity contribution >= 4 is 5.97 Å². The van der Waals surface area contributed by atoms with E-state index in [1.54, 1.807) is 6.92 Å². The monoisotopic (exact) mass is 256 g/mol. The van der Waals surface area contributed by atoms with Crippen LogP contribution in [0.5, 0.6) is 0 Å². The minimum absolute atomic E-state index is 0.222. The third-order valence-electron chi connectivity index (χ3n) is 4.21. The zero-order valence-corrected chi connectivity index (χ0v) is 11.3. The largest absolute Gasteiger partial charge is 0.481 e. The van der Waals surface area contributed by atoms with Crippen molar-refractivity contribution in [1.29, 1.82) is 0 Å². The molecular weight excluding hydrogens is 232 g/mol. The van der Waals surface area contributed by atoms with E-state index < -0.39 is 5.97 Å². The molecule has 2 saturated heterocycles. The van der Waals surface area contributed by atoms with Crippen LogP contribution in [0, 0.1) is 11.8 Å². The van der Waals surface area contributed by atoms with Crippen LogP contribution in [-0.4, -0.2) is 72.9 Å². The lowest BCUT2D eigenvalue weighted by Crippen LogP contribution is -2.56. The van der Waals surface area contributed by atoms with Crippen LogP contribution in [-0.2, 0) is 9.53 Å². The van der Waals surface area contributed by atoms with E-state index in [1.807, 2.05) is 0 Å². The van der Waals surface area contributed by atoms with Crippen molar-refractivity contribution in [1.82, 2.24) is 9.80 Å². The minimum Gasteiger partial charge on any atom is -0.481 e. The molecule has 2 atom stereocenters. The van der Waals surface area contributed by atoms with E-state index in [0.717, 1.165) is 45.9 Å². The Kier molecular flexibility index (Phi) is 4.59. The van der Waals surface area contributed by atoms with Crippen molar-refractivity contribution in [2.75, 3.05) is 45.9 Å². The number of nitrogens with zero attached hydrogens (tertiary/aromatic N) is 2. The van der Waals surface area contributed by atoms with Crippen LogP contribution < -0.4 is 0 Å². The second kappa shape index (κ2) is 5.99. The second-order valence-electron chi connectivity index (χ2n) is 5.49. The topological polar surface area (TPSA) is 53.0 Å². The van der Waals surface area contributed by atoms with Gasteiger partial charge in [-0.2, -0.15) is 0 Å². The van der Waals surface area contributed by atoms with Crippen LogP contribution in [0.25, 0.3) is 0 Å². The van der Waals surface area contributed by atoms with Crippen LogP contribution in [0.3, 0.4) is 0 Å². The lowest BCUT2D eigenvalue weighted by atomic mass is 9.87. The Morgan fingerprint density at radius 3 is 2.72 bits per heavy atom. The Morgan fingerprint density at radius 1 is 1.39 bits per heavy atom. The number of hydrogen-bond donors (Lipinski definition) is 1. The molecule has 0 radical (unpaired) electrons. The first-order chi connectivity index (χ1) is 8.60. The molecule has 0 spiro atoms. The summed E-state index contributed by atoms with van der Waals surface area (Å²) in [6.07, 6.45) is 0.291. The number of aliphatic carboxylic acids is 1. The average Bonchev–Trinajstić information content (AvgIpc) is 2.32. The normalized spacial score (nSPS) is 28.9. The fraction of sp³-hybridized carbons (Fsp3) is 0.923. The third kappa shape index (κ3) is 3.22. The van der Waals surface area contributed by atoms with Gasteiger partial charge in [0.05, 0.1) is 18.6 Å². The predicted octanol–water partition coefficient (Wildman–Crippen LogP) is 0.360. The van der Waals surface area contributed by atoms with Crippen LogP contribution in [0.4, 0.5) is 0 Å². The Bertz CT molecular complexity index is 292. The molecular formula is C13H24N2O3. The maximum Gasteiger partial charge on any atom is 0.306 e. The molecule has 0 aromatic carbocycles. The number of carboxylic acid groups (broad SMARTS) is 1. The Labute approximate surface area is 109 Å². The highest BCUT2D eigenvalue weighted by Crippen LogP contribution is 2.24. The van der Waals surface area contributed by atoms with Gasteiger partial charge in [-0.3, -0.25) is 9.69 Å². The minimum atomic E-state index is -0.675. The first-order valence-corrected chi connectivity index (χ1v) is 6.89. The van der Waals surface area contributed by atoms with Crippen molar-refractivity contribution in [2.24, 2.45) is 11.8 Å². The maximum atomic E-state index is 10.9. The van der Waals surface area contributed by atoms with Crippen molar-refractivity contribution in [3.05, 3.63) is 0 Å². The number of morpholine rings is 1. The van der Waals surface area contributed by atoms with Gasteiger partial charge in [-0.25, -0.2) is 0 Å². The van der Waals surface area contributed by atoms with E-state index in [9.17, 15) is 4.79 Å². The summed E-state index contributed by atoms with van der Waals surface area (Å²) in [4.78, 5) is 15.6. The van der Waals surface area contributed by atoms with Gasteiger partial charge in [0.1, 0.15) is 0 Å². The zero-order valence-electron chi connectivity index (χ0n) is 11.3. The fourth-order valence-corrected chi connectivity index (χ4v) is 2.74. The molecule has 2 rings (SSSR count). The number of likely N-dealkylation sites (N-methyl/N-ethyl adjacent to an activating group) is 1. The number of ether oxygens (including phenoxy) is 1. The molecule has 0 aromatic heterocycles. The van der Waals surface area contributed by atoms with E-state index in [-0.39, 0.29) is 5.92 Å². The van der Waals surface area contributed by atoms with Gasteiger partial charge in [-0.05, 0) is 12.5 Å². The molecule has 2 unspecified atom stereocenters. The molecule has 5 heteroatoms. The van der Waals surface area contributed by atoms with Gasteiger partial charge in [-0.1, -0.05) is 13.8 Å². The summed E-state index contributed by atoms with van der Waals surface area (Å²) in [6, 6.07) is 0. The van der Waals surface area contributed by atoms with Crippen molar-refractivity contribution in [3.63, 3.8) is 0 Å². The van der Waals surface area contributed by atoms with E-state index >= 15 is 0 Å². The van der Waals surface area contributed by atoms with Crippen LogP contribution in [0.1, 0.15) is 13.8 Å². The van der Waals surface area contributed by atoms with Gasteiger partial charge < -0.3 is 14.7 Å². The SMILES string of the molecule is CCN1CCOC(CN2CC(C(C)C(=O)O)C2)C1. The molecule has 1 N–H and O–H groups in total. The molecule has 0 aliphatic carbocycles. The lowest BCUT2D eigenvalue weighted by Gasteiger charge is -2.44. The summed E-state index contributed by atoms with van der Waals surface area (Å²) in [5.74, 6) is -0.584. The highest BCUT2D eigenvalue weighted by atomic mass is 16.5. The second-order valence-corrected chi connectivity index (χ2v) is 5.49. The van der Waals surface area contributed by atoms with E-state index in [2.05, 4.69) is 16.7 Å². The van der Waals surface area contributed by atoms with Gasteiger partial charge >= 0.3 is 5.97 Å². The number of rotatable bonds is 5.